The zero-order valence-corrected chi connectivity index (χ0v) is 11.1. The molecule has 0 fully saturated rings. The highest BCUT2D eigenvalue weighted by Gasteiger charge is 2.00. The summed E-state index contributed by atoms with van der Waals surface area (Å²) in [6.45, 7) is 0. The molecule has 0 aromatic heterocycles. The molecule has 0 amide bonds. The van der Waals surface area contributed by atoms with Crippen molar-refractivity contribution in [3.05, 3.63) is 64.7 Å². The first-order valence-electron chi connectivity index (χ1n) is 5.76. The lowest BCUT2D eigenvalue weighted by Gasteiger charge is -2.06. The molecule has 96 valence electrons. The maximum absolute atomic E-state index is 8.73. The molecule has 0 bridgehead atoms. The minimum Gasteiger partial charge on any atom is -0.457 e. The van der Waals surface area contributed by atoms with Gasteiger partial charge in [0.15, 0.2) is 0 Å². The van der Waals surface area contributed by atoms with Crippen molar-refractivity contribution in [2.75, 3.05) is 0 Å². The standard InChI is InChI=1S/C16H9ClN2O/c17-14-4-6-15(7-5-14)20-16-3-1-2-12(9-16)8-13(10-18)11-19/h1-9H. The van der Waals surface area contributed by atoms with Gasteiger partial charge in [-0.3, -0.25) is 0 Å². The highest BCUT2D eigenvalue weighted by Crippen LogP contribution is 2.24. The molecule has 0 aliphatic heterocycles. The molecule has 0 aliphatic rings. The lowest BCUT2D eigenvalue weighted by atomic mass is 10.1. The number of benzene rings is 2. The Morgan fingerprint density at radius 2 is 1.70 bits per heavy atom. The molecule has 4 heteroatoms. The molecule has 0 saturated carbocycles. The lowest BCUT2D eigenvalue weighted by Crippen LogP contribution is -1.84. The summed E-state index contributed by atoms with van der Waals surface area (Å²) in [5.74, 6) is 1.28. The number of allylic oxidation sites excluding steroid dienone is 1. The van der Waals surface area contributed by atoms with Crippen molar-refractivity contribution in [1.29, 1.82) is 10.5 Å². The molecule has 20 heavy (non-hydrogen) atoms. The molecule has 0 radical (unpaired) electrons. The normalized spacial score (nSPS) is 9.15. The predicted octanol–water partition coefficient (Wildman–Crippen LogP) is 4.56. The van der Waals surface area contributed by atoms with Gasteiger partial charge < -0.3 is 4.74 Å². The average Bonchev–Trinajstić information content (AvgIpc) is 2.47. The molecule has 0 saturated heterocycles. The summed E-state index contributed by atoms with van der Waals surface area (Å²) in [6, 6.07) is 17.8. The second-order valence-corrected chi connectivity index (χ2v) is 4.35. The van der Waals surface area contributed by atoms with E-state index in [4.69, 9.17) is 26.9 Å². The van der Waals surface area contributed by atoms with Crippen LogP contribution in [-0.4, -0.2) is 0 Å². The highest BCUT2D eigenvalue weighted by molar-refractivity contribution is 6.30. The number of halogens is 1. The molecule has 0 atom stereocenters. The number of nitriles is 2. The number of hydrogen-bond donors (Lipinski definition) is 0. The molecule has 0 unspecified atom stereocenters. The molecule has 3 nitrogen and oxygen atoms in total. The summed E-state index contributed by atoms with van der Waals surface area (Å²) < 4.78 is 5.67. The van der Waals surface area contributed by atoms with E-state index in [0.717, 1.165) is 5.56 Å². The zero-order chi connectivity index (χ0) is 14.4. The Kier molecular flexibility index (Phi) is 4.39. The Labute approximate surface area is 121 Å². The van der Waals surface area contributed by atoms with Crippen LogP contribution in [0.25, 0.3) is 6.08 Å². The Morgan fingerprint density at radius 3 is 2.35 bits per heavy atom. The second kappa shape index (κ2) is 6.43. The van der Waals surface area contributed by atoms with Gasteiger partial charge in [-0.05, 0) is 48.0 Å². The minimum atomic E-state index is 0.0497. The van der Waals surface area contributed by atoms with Gasteiger partial charge in [-0.15, -0.1) is 0 Å². The Morgan fingerprint density at radius 1 is 1.00 bits per heavy atom. The molecule has 0 spiro atoms. The SMILES string of the molecule is N#CC(C#N)=Cc1cccc(Oc2ccc(Cl)cc2)c1. The molecule has 2 aromatic rings. The van der Waals surface area contributed by atoms with Crippen LogP contribution in [0.4, 0.5) is 0 Å². The van der Waals surface area contributed by atoms with Crippen LogP contribution in [0, 0.1) is 22.7 Å². The van der Waals surface area contributed by atoms with Gasteiger partial charge in [0.05, 0.1) is 0 Å². The highest BCUT2D eigenvalue weighted by atomic mass is 35.5. The van der Waals surface area contributed by atoms with Gasteiger partial charge >= 0.3 is 0 Å². The number of nitrogens with zero attached hydrogens (tertiary/aromatic N) is 2. The zero-order valence-electron chi connectivity index (χ0n) is 10.4. The number of hydrogen-bond acceptors (Lipinski definition) is 3. The second-order valence-electron chi connectivity index (χ2n) is 3.91. The summed E-state index contributed by atoms with van der Waals surface area (Å²) >= 11 is 5.80. The van der Waals surface area contributed by atoms with Crippen molar-refractivity contribution >= 4 is 17.7 Å². The van der Waals surface area contributed by atoms with Crippen LogP contribution in [0.15, 0.2) is 54.1 Å². The molecular weight excluding hydrogens is 272 g/mol. The number of rotatable bonds is 3. The Balaban J connectivity index is 2.23. The summed E-state index contributed by atoms with van der Waals surface area (Å²) in [6.07, 6.45) is 1.51. The van der Waals surface area contributed by atoms with E-state index < -0.39 is 0 Å². The molecule has 2 aromatic carbocycles. The van der Waals surface area contributed by atoms with Gasteiger partial charge in [-0.1, -0.05) is 23.7 Å². The first-order valence-corrected chi connectivity index (χ1v) is 6.14. The summed E-state index contributed by atoms with van der Waals surface area (Å²) in [5.41, 5.74) is 0.781. The predicted molar refractivity (Wildman–Crippen MR) is 77.2 cm³/mol. The van der Waals surface area contributed by atoms with E-state index in [9.17, 15) is 0 Å². The van der Waals surface area contributed by atoms with Crippen LogP contribution in [0.5, 0.6) is 11.5 Å². The summed E-state index contributed by atoms with van der Waals surface area (Å²) in [4.78, 5) is 0. The summed E-state index contributed by atoms with van der Waals surface area (Å²) in [7, 11) is 0. The van der Waals surface area contributed by atoms with E-state index in [1.807, 2.05) is 12.1 Å². The van der Waals surface area contributed by atoms with Crippen molar-refractivity contribution in [2.45, 2.75) is 0 Å². The van der Waals surface area contributed by atoms with Crippen molar-refractivity contribution in [1.82, 2.24) is 0 Å². The van der Waals surface area contributed by atoms with Crippen LogP contribution < -0.4 is 4.74 Å². The van der Waals surface area contributed by atoms with Gasteiger partial charge in [0.1, 0.15) is 29.2 Å². The van der Waals surface area contributed by atoms with Crippen LogP contribution in [0.1, 0.15) is 5.56 Å². The Hall–Kier alpha value is -2.75. The maximum atomic E-state index is 8.73. The third-order valence-electron chi connectivity index (χ3n) is 2.46. The largest absolute Gasteiger partial charge is 0.457 e. The lowest BCUT2D eigenvalue weighted by molar-refractivity contribution is 0.482. The fourth-order valence-corrected chi connectivity index (χ4v) is 1.69. The van der Waals surface area contributed by atoms with Crippen molar-refractivity contribution in [3.8, 4) is 23.6 Å². The van der Waals surface area contributed by atoms with Gasteiger partial charge in [0, 0.05) is 5.02 Å². The molecular formula is C16H9ClN2O. The topological polar surface area (TPSA) is 56.8 Å². The van der Waals surface area contributed by atoms with E-state index in [2.05, 4.69) is 0 Å². The van der Waals surface area contributed by atoms with Crippen LogP contribution >= 0.6 is 11.6 Å². The fourth-order valence-electron chi connectivity index (χ4n) is 1.56. The third-order valence-corrected chi connectivity index (χ3v) is 2.71. The first-order chi connectivity index (χ1) is 9.71. The van der Waals surface area contributed by atoms with E-state index in [0.29, 0.717) is 16.5 Å². The van der Waals surface area contributed by atoms with Gasteiger partial charge in [-0.25, -0.2) is 0 Å². The number of ether oxygens (including phenoxy) is 1. The molecule has 0 aliphatic carbocycles. The smallest absolute Gasteiger partial charge is 0.130 e. The van der Waals surface area contributed by atoms with Gasteiger partial charge in [-0.2, -0.15) is 10.5 Å². The van der Waals surface area contributed by atoms with Crippen LogP contribution in [0.3, 0.4) is 0 Å². The molecule has 0 heterocycles. The van der Waals surface area contributed by atoms with Crippen molar-refractivity contribution in [3.63, 3.8) is 0 Å². The fraction of sp³-hybridized carbons (Fsp3) is 0. The molecule has 2 rings (SSSR count). The van der Waals surface area contributed by atoms with Crippen molar-refractivity contribution in [2.24, 2.45) is 0 Å². The monoisotopic (exact) mass is 280 g/mol. The minimum absolute atomic E-state index is 0.0497. The van der Waals surface area contributed by atoms with E-state index >= 15 is 0 Å². The van der Waals surface area contributed by atoms with E-state index in [-0.39, 0.29) is 5.57 Å². The first kappa shape index (κ1) is 13.7. The maximum Gasteiger partial charge on any atom is 0.130 e. The van der Waals surface area contributed by atoms with Crippen molar-refractivity contribution < 1.29 is 4.74 Å². The van der Waals surface area contributed by atoms with Gasteiger partial charge in [0.25, 0.3) is 0 Å². The Bertz CT molecular complexity index is 705. The van der Waals surface area contributed by atoms with Crippen LogP contribution in [-0.2, 0) is 0 Å². The molecule has 0 N–H and O–H groups in total. The van der Waals surface area contributed by atoms with Gasteiger partial charge in [0.2, 0.25) is 0 Å². The quantitative estimate of drug-likeness (QED) is 0.774. The van der Waals surface area contributed by atoms with E-state index in [1.165, 1.54) is 6.08 Å². The summed E-state index contributed by atoms with van der Waals surface area (Å²) in [5, 5.41) is 18.1. The van der Waals surface area contributed by atoms with Crippen LogP contribution in [0.2, 0.25) is 5.02 Å². The average molecular weight is 281 g/mol. The van der Waals surface area contributed by atoms with E-state index in [1.54, 1.807) is 48.5 Å². The third kappa shape index (κ3) is 3.62.